The van der Waals surface area contributed by atoms with Crippen LogP contribution in [0.15, 0.2) is 11.0 Å². The Morgan fingerprint density at radius 3 is 2.58 bits per heavy atom. The van der Waals surface area contributed by atoms with E-state index in [1.54, 1.807) is 17.8 Å². The summed E-state index contributed by atoms with van der Waals surface area (Å²) in [7, 11) is 1.75. The molecule has 66 valence electrons. The van der Waals surface area contributed by atoms with Gasteiger partial charge < -0.3 is 4.57 Å². The summed E-state index contributed by atoms with van der Waals surface area (Å²) in [4.78, 5) is 15.7. The minimum atomic E-state index is 0.00981. The number of hydrogen-bond donors (Lipinski definition) is 0. The normalized spacial score (nSPS) is 10.8. The molecule has 12 heavy (non-hydrogen) atoms. The summed E-state index contributed by atoms with van der Waals surface area (Å²) in [5.74, 6) is 0.198. The lowest BCUT2D eigenvalue weighted by atomic mass is 10.1. The Bertz CT molecular complexity index is 339. The van der Waals surface area contributed by atoms with E-state index in [9.17, 15) is 4.79 Å². The van der Waals surface area contributed by atoms with Gasteiger partial charge in [0.05, 0.1) is 5.69 Å². The van der Waals surface area contributed by atoms with Crippen LogP contribution in [-0.2, 0) is 7.05 Å². The standard InChI is InChI=1S/C9H14N2O/c1-6(2)8-9(12)11(4)5-7(3)10-8/h5-6H,1-4H3. The fourth-order valence-corrected chi connectivity index (χ4v) is 1.16. The van der Waals surface area contributed by atoms with Gasteiger partial charge in [-0.15, -0.1) is 0 Å². The molecule has 1 heterocycles. The molecule has 0 aliphatic carbocycles. The van der Waals surface area contributed by atoms with Crippen molar-refractivity contribution in [2.24, 2.45) is 7.05 Å². The summed E-state index contributed by atoms with van der Waals surface area (Å²) in [5, 5.41) is 0. The predicted octanol–water partition coefficient (Wildman–Crippen LogP) is 1.21. The van der Waals surface area contributed by atoms with Gasteiger partial charge in [0.15, 0.2) is 0 Å². The molecule has 3 heteroatoms. The molecule has 1 rings (SSSR count). The number of hydrogen-bond acceptors (Lipinski definition) is 2. The lowest BCUT2D eigenvalue weighted by Gasteiger charge is -2.06. The van der Waals surface area contributed by atoms with Gasteiger partial charge in [0.25, 0.3) is 5.56 Å². The van der Waals surface area contributed by atoms with Gasteiger partial charge in [0.2, 0.25) is 0 Å². The third kappa shape index (κ3) is 1.55. The first-order valence-electron chi connectivity index (χ1n) is 4.06. The zero-order valence-electron chi connectivity index (χ0n) is 7.96. The van der Waals surface area contributed by atoms with Crippen molar-refractivity contribution in [1.82, 2.24) is 9.55 Å². The van der Waals surface area contributed by atoms with Gasteiger partial charge in [-0.3, -0.25) is 9.78 Å². The van der Waals surface area contributed by atoms with Gasteiger partial charge in [0, 0.05) is 19.2 Å². The predicted molar refractivity (Wildman–Crippen MR) is 48.3 cm³/mol. The summed E-state index contributed by atoms with van der Waals surface area (Å²) in [6.07, 6.45) is 1.74. The van der Waals surface area contributed by atoms with Crippen molar-refractivity contribution in [2.45, 2.75) is 26.7 Å². The second kappa shape index (κ2) is 3.09. The molecule has 1 aromatic rings. The zero-order valence-corrected chi connectivity index (χ0v) is 7.96. The van der Waals surface area contributed by atoms with Crippen LogP contribution < -0.4 is 5.56 Å². The molecule has 0 amide bonds. The van der Waals surface area contributed by atoms with E-state index in [2.05, 4.69) is 4.98 Å². The van der Waals surface area contributed by atoms with Crippen molar-refractivity contribution in [2.75, 3.05) is 0 Å². The maximum atomic E-state index is 11.5. The van der Waals surface area contributed by atoms with Gasteiger partial charge in [-0.2, -0.15) is 0 Å². The molecular formula is C9H14N2O. The van der Waals surface area contributed by atoms with Crippen LogP contribution in [0.2, 0.25) is 0 Å². The van der Waals surface area contributed by atoms with Crippen LogP contribution >= 0.6 is 0 Å². The maximum absolute atomic E-state index is 11.5. The van der Waals surface area contributed by atoms with Crippen LogP contribution in [-0.4, -0.2) is 9.55 Å². The number of rotatable bonds is 1. The minimum Gasteiger partial charge on any atom is -0.315 e. The topological polar surface area (TPSA) is 34.9 Å². The monoisotopic (exact) mass is 166 g/mol. The second-order valence-electron chi connectivity index (χ2n) is 3.34. The van der Waals surface area contributed by atoms with Crippen molar-refractivity contribution in [3.05, 3.63) is 27.9 Å². The van der Waals surface area contributed by atoms with Crippen LogP contribution in [0.5, 0.6) is 0 Å². The van der Waals surface area contributed by atoms with E-state index in [4.69, 9.17) is 0 Å². The molecule has 0 radical (unpaired) electrons. The Labute approximate surface area is 72.1 Å². The van der Waals surface area contributed by atoms with Crippen molar-refractivity contribution in [3.8, 4) is 0 Å². The van der Waals surface area contributed by atoms with Gasteiger partial charge in [-0.05, 0) is 6.92 Å². The van der Waals surface area contributed by atoms with Crippen molar-refractivity contribution in [3.63, 3.8) is 0 Å². The van der Waals surface area contributed by atoms with Crippen LogP contribution in [0.25, 0.3) is 0 Å². The van der Waals surface area contributed by atoms with Gasteiger partial charge in [0.1, 0.15) is 5.69 Å². The minimum absolute atomic E-state index is 0.00981. The quantitative estimate of drug-likeness (QED) is 0.628. The largest absolute Gasteiger partial charge is 0.315 e. The van der Waals surface area contributed by atoms with E-state index in [-0.39, 0.29) is 11.5 Å². The first kappa shape index (κ1) is 8.97. The third-order valence-electron chi connectivity index (χ3n) is 1.76. The Hall–Kier alpha value is -1.12. The molecule has 0 N–H and O–H groups in total. The van der Waals surface area contributed by atoms with E-state index >= 15 is 0 Å². The average Bonchev–Trinajstić information content (AvgIpc) is 1.96. The van der Waals surface area contributed by atoms with Crippen molar-refractivity contribution in [1.29, 1.82) is 0 Å². The lowest BCUT2D eigenvalue weighted by molar-refractivity contribution is 0.729. The molecule has 0 fully saturated rings. The molecule has 1 aromatic heterocycles. The molecule has 0 saturated heterocycles. The van der Waals surface area contributed by atoms with Gasteiger partial charge in [-0.1, -0.05) is 13.8 Å². The number of nitrogens with zero attached hydrogens (tertiary/aromatic N) is 2. The van der Waals surface area contributed by atoms with E-state index < -0.39 is 0 Å². The summed E-state index contributed by atoms with van der Waals surface area (Å²) in [6, 6.07) is 0. The molecular weight excluding hydrogens is 152 g/mol. The van der Waals surface area contributed by atoms with E-state index in [0.717, 1.165) is 5.69 Å². The van der Waals surface area contributed by atoms with E-state index in [0.29, 0.717) is 5.69 Å². The summed E-state index contributed by atoms with van der Waals surface area (Å²) >= 11 is 0. The highest BCUT2D eigenvalue weighted by Crippen LogP contribution is 2.05. The fourth-order valence-electron chi connectivity index (χ4n) is 1.16. The Morgan fingerprint density at radius 2 is 2.08 bits per heavy atom. The molecule has 0 atom stereocenters. The fraction of sp³-hybridized carbons (Fsp3) is 0.556. The first-order valence-corrected chi connectivity index (χ1v) is 4.06. The van der Waals surface area contributed by atoms with E-state index in [1.807, 2.05) is 20.8 Å². The Balaban J connectivity index is 3.38. The molecule has 0 aromatic carbocycles. The molecule has 0 aliphatic rings. The van der Waals surface area contributed by atoms with Crippen molar-refractivity contribution >= 4 is 0 Å². The molecule has 0 aliphatic heterocycles. The SMILES string of the molecule is Cc1cn(C)c(=O)c(C(C)C)n1. The molecule has 0 saturated carbocycles. The highest BCUT2D eigenvalue weighted by atomic mass is 16.1. The molecule has 0 unspecified atom stereocenters. The van der Waals surface area contributed by atoms with Gasteiger partial charge in [-0.25, -0.2) is 0 Å². The summed E-state index contributed by atoms with van der Waals surface area (Å²) in [6.45, 7) is 5.84. The van der Waals surface area contributed by atoms with Crippen LogP contribution in [0.4, 0.5) is 0 Å². The molecule has 0 bridgehead atoms. The van der Waals surface area contributed by atoms with Crippen LogP contribution in [0, 0.1) is 6.92 Å². The number of aryl methyl sites for hydroxylation is 2. The van der Waals surface area contributed by atoms with Crippen LogP contribution in [0.1, 0.15) is 31.2 Å². The Kier molecular flexibility index (Phi) is 2.31. The molecule has 0 spiro atoms. The lowest BCUT2D eigenvalue weighted by Crippen LogP contribution is -2.23. The highest BCUT2D eigenvalue weighted by Gasteiger charge is 2.07. The summed E-state index contributed by atoms with van der Waals surface area (Å²) in [5.41, 5.74) is 1.55. The Morgan fingerprint density at radius 1 is 1.50 bits per heavy atom. The van der Waals surface area contributed by atoms with Crippen molar-refractivity contribution < 1.29 is 0 Å². The maximum Gasteiger partial charge on any atom is 0.272 e. The average molecular weight is 166 g/mol. The smallest absolute Gasteiger partial charge is 0.272 e. The molecule has 3 nitrogen and oxygen atoms in total. The van der Waals surface area contributed by atoms with Crippen LogP contribution in [0.3, 0.4) is 0 Å². The summed E-state index contributed by atoms with van der Waals surface area (Å²) < 4.78 is 1.58. The zero-order chi connectivity index (χ0) is 9.30. The van der Waals surface area contributed by atoms with Gasteiger partial charge >= 0.3 is 0 Å². The highest BCUT2D eigenvalue weighted by molar-refractivity contribution is 5.07. The first-order chi connectivity index (χ1) is 5.52. The second-order valence-corrected chi connectivity index (χ2v) is 3.34. The van der Waals surface area contributed by atoms with E-state index in [1.165, 1.54) is 0 Å². The number of aromatic nitrogens is 2. The third-order valence-corrected chi connectivity index (χ3v) is 1.76.